The van der Waals surface area contributed by atoms with E-state index in [2.05, 4.69) is 25.1 Å². The molecule has 0 bridgehead atoms. The number of nitrogens with two attached hydrogens (primary N) is 2. The first kappa shape index (κ1) is 14.7. The van der Waals surface area contributed by atoms with Gasteiger partial charge in [-0.15, -0.1) is 0 Å². The molecule has 118 valence electrons. The molecule has 0 radical (unpaired) electrons. The van der Waals surface area contributed by atoms with Crippen molar-refractivity contribution < 1.29 is 18.0 Å². The third-order valence-electron chi connectivity index (χ3n) is 2.99. The van der Waals surface area contributed by atoms with Gasteiger partial charge in [0.25, 0.3) is 5.91 Å². The van der Waals surface area contributed by atoms with E-state index in [-0.39, 0.29) is 16.7 Å². The zero-order valence-corrected chi connectivity index (χ0v) is 11.2. The van der Waals surface area contributed by atoms with Gasteiger partial charge in [-0.05, 0) is 12.1 Å². The summed E-state index contributed by atoms with van der Waals surface area (Å²) in [5.74, 6) is -1.79. The molecular formula is C12H8F3N7O. The van der Waals surface area contributed by atoms with E-state index in [0.29, 0.717) is 0 Å². The third kappa shape index (κ3) is 2.41. The molecule has 0 saturated carbocycles. The van der Waals surface area contributed by atoms with E-state index in [1.165, 1.54) is 18.3 Å². The molecule has 0 aromatic carbocycles. The molecule has 8 nitrogen and oxygen atoms in total. The number of alkyl halides is 3. The number of anilines is 1. The van der Waals surface area contributed by atoms with Crippen molar-refractivity contribution >= 4 is 22.8 Å². The molecule has 3 aromatic heterocycles. The first-order valence-electron chi connectivity index (χ1n) is 6.13. The zero-order chi connectivity index (χ0) is 16.8. The molecule has 1 amide bonds. The van der Waals surface area contributed by atoms with Gasteiger partial charge in [-0.25, -0.2) is 15.0 Å². The number of hydrogen-bond donors (Lipinski definition) is 3. The summed E-state index contributed by atoms with van der Waals surface area (Å²) in [5.41, 5.74) is 7.97. The molecule has 0 aliphatic heterocycles. The van der Waals surface area contributed by atoms with Gasteiger partial charge < -0.3 is 11.5 Å². The van der Waals surface area contributed by atoms with Gasteiger partial charge in [0.2, 0.25) is 0 Å². The lowest BCUT2D eigenvalue weighted by Gasteiger charge is -2.12. The van der Waals surface area contributed by atoms with Crippen molar-refractivity contribution in [2.24, 2.45) is 5.73 Å². The Morgan fingerprint density at radius 3 is 2.65 bits per heavy atom. The van der Waals surface area contributed by atoms with Gasteiger partial charge in [0, 0.05) is 11.6 Å². The van der Waals surface area contributed by atoms with Crippen molar-refractivity contribution in [3.63, 3.8) is 0 Å². The number of H-pyrrole nitrogens is 1. The van der Waals surface area contributed by atoms with Crippen LogP contribution in [0.15, 0.2) is 18.3 Å². The van der Waals surface area contributed by atoms with E-state index in [9.17, 15) is 18.0 Å². The topological polar surface area (TPSA) is 136 Å². The number of halogens is 3. The van der Waals surface area contributed by atoms with Crippen molar-refractivity contribution in [1.29, 1.82) is 0 Å². The van der Waals surface area contributed by atoms with Crippen LogP contribution in [0.1, 0.15) is 16.2 Å². The number of pyridine rings is 1. The van der Waals surface area contributed by atoms with Crippen LogP contribution < -0.4 is 11.5 Å². The minimum atomic E-state index is -4.84. The Balaban J connectivity index is 2.36. The number of aromatic amines is 1. The average Bonchev–Trinajstić information content (AvgIpc) is 2.89. The minimum Gasteiger partial charge on any atom is -0.382 e. The summed E-state index contributed by atoms with van der Waals surface area (Å²) in [4.78, 5) is 22.1. The lowest BCUT2D eigenvalue weighted by atomic mass is 10.1. The Morgan fingerprint density at radius 1 is 1.26 bits per heavy atom. The lowest BCUT2D eigenvalue weighted by molar-refractivity contribution is -0.140. The van der Waals surface area contributed by atoms with Crippen molar-refractivity contribution in [1.82, 2.24) is 25.1 Å². The number of nitrogens with zero attached hydrogens (tertiary/aromatic N) is 4. The smallest absolute Gasteiger partial charge is 0.382 e. The Labute approximate surface area is 125 Å². The number of hydrogen-bond acceptors (Lipinski definition) is 6. The number of carbonyl (C=O) groups is 1. The SMILES string of the molecule is NC(=O)c1nc(-c2[nH]nc3ncccc23)c(C(F)(F)F)nc1N. The predicted octanol–water partition coefficient (Wildman–Crippen LogP) is 1.11. The number of nitrogen functional groups attached to an aromatic ring is 1. The fourth-order valence-corrected chi connectivity index (χ4v) is 2.03. The lowest BCUT2D eigenvalue weighted by Crippen LogP contribution is -2.21. The van der Waals surface area contributed by atoms with Crippen LogP contribution in [0.2, 0.25) is 0 Å². The van der Waals surface area contributed by atoms with Gasteiger partial charge in [0.05, 0.1) is 5.69 Å². The number of nitrogens with one attached hydrogen (secondary N) is 1. The molecule has 0 fully saturated rings. The van der Waals surface area contributed by atoms with Gasteiger partial charge in [-0.1, -0.05) is 0 Å². The number of rotatable bonds is 2. The Hall–Kier alpha value is -3.24. The molecule has 11 heteroatoms. The standard InChI is InChI=1S/C12H8F3N7O/c13-12(14,15)8-6(19-7(10(17)23)9(16)20-8)5-4-2-1-3-18-11(4)22-21-5/h1-3H,(H2,16,20)(H2,17,23)(H,18,21,22). The molecule has 3 aromatic rings. The normalized spacial score (nSPS) is 11.8. The average molecular weight is 323 g/mol. The fraction of sp³-hybridized carbons (Fsp3) is 0.0833. The van der Waals surface area contributed by atoms with E-state index in [1.54, 1.807) is 0 Å². The molecule has 3 rings (SSSR count). The van der Waals surface area contributed by atoms with E-state index in [4.69, 9.17) is 11.5 Å². The molecular weight excluding hydrogens is 315 g/mol. The van der Waals surface area contributed by atoms with Gasteiger partial charge in [0.15, 0.2) is 22.9 Å². The third-order valence-corrected chi connectivity index (χ3v) is 2.99. The highest BCUT2D eigenvalue weighted by molar-refractivity contribution is 5.97. The zero-order valence-electron chi connectivity index (χ0n) is 11.2. The van der Waals surface area contributed by atoms with E-state index in [0.717, 1.165) is 0 Å². The second-order valence-corrected chi connectivity index (χ2v) is 4.49. The molecule has 0 aliphatic rings. The second-order valence-electron chi connectivity index (χ2n) is 4.49. The van der Waals surface area contributed by atoms with Crippen LogP contribution in [0.3, 0.4) is 0 Å². The number of carbonyl (C=O) groups excluding carboxylic acids is 1. The van der Waals surface area contributed by atoms with Crippen LogP contribution in [0, 0.1) is 0 Å². The molecule has 0 saturated heterocycles. The monoisotopic (exact) mass is 323 g/mol. The maximum atomic E-state index is 13.2. The summed E-state index contributed by atoms with van der Waals surface area (Å²) < 4.78 is 39.7. The number of primary amides is 1. The Bertz CT molecular complexity index is 919. The Kier molecular flexibility index (Phi) is 3.13. The maximum Gasteiger partial charge on any atom is 0.435 e. The predicted molar refractivity (Wildman–Crippen MR) is 72.8 cm³/mol. The van der Waals surface area contributed by atoms with E-state index < -0.39 is 35.0 Å². The number of aromatic nitrogens is 5. The summed E-state index contributed by atoms with van der Waals surface area (Å²) >= 11 is 0. The highest BCUT2D eigenvalue weighted by Gasteiger charge is 2.39. The van der Waals surface area contributed by atoms with Gasteiger partial charge >= 0.3 is 6.18 Å². The molecule has 0 unspecified atom stereocenters. The quantitative estimate of drug-likeness (QED) is 0.646. The minimum absolute atomic E-state index is 0.0876. The van der Waals surface area contributed by atoms with Gasteiger partial charge in [0.1, 0.15) is 5.69 Å². The second kappa shape index (κ2) is 4.90. The van der Waals surface area contributed by atoms with Crippen LogP contribution in [0.5, 0.6) is 0 Å². The fourth-order valence-electron chi connectivity index (χ4n) is 2.03. The largest absolute Gasteiger partial charge is 0.435 e. The van der Waals surface area contributed by atoms with Gasteiger partial charge in [-0.2, -0.15) is 18.3 Å². The molecule has 0 spiro atoms. The van der Waals surface area contributed by atoms with Crippen molar-refractivity contribution in [3.8, 4) is 11.4 Å². The Morgan fingerprint density at radius 2 is 2.00 bits per heavy atom. The summed E-state index contributed by atoms with van der Waals surface area (Å²) in [7, 11) is 0. The number of fused-ring (bicyclic) bond motifs is 1. The van der Waals surface area contributed by atoms with E-state index in [1.807, 2.05) is 0 Å². The highest BCUT2D eigenvalue weighted by atomic mass is 19.4. The maximum absolute atomic E-state index is 13.2. The molecule has 3 heterocycles. The van der Waals surface area contributed by atoms with Crippen LogP contribution >= 0.6 is 0 Å². The molecule has 5 N–H and O–H groups in total. The van der Waals surface area contributed by atoms with E-state index >= 15 is 0 Å². The summed E-state index contributed by atoms with van der Waals surface area (Å²) in [5, 5.41) is 6.50. The van der Waals surface area contributed by atoms with Gasteiger partial charge in [-0.3, -0.25) is 9.89 Å². The number of amides is 1. The summed E-state index contributed by atoms with van der Waals surface area (Å²) in [6.45, 7) is 0. The van der Waals surface area contributed by atoms with Crippen LogP contribution in [0.25, 0.3) is 22.4 Å². The van der Waals surface area contributed by atoms with Crippen LogP contribution in [0.4, 0.5) is 19.0 Å². The van der Waals surface area contributed by atoms with Crippen LogP contribution in [-0.4, -0.2) is 31.1 Å². The molecule has 23 heavy (non-hydrogen) atoms. The van der Waals surface area contributed by atoms with Crippen LogP contribution in [-0.2, 0) is 6.18 Å². The molecule has 0 atom stereocenters. The summed E-state index contributed by atoms with van der Waals surface area (Å²) in [6.07, 6.45) is -3.41. The molecule has 0 aliphatic carbocycles. The van der Waals surface area contributed by atoms with Crippen molar-refractivity contribution in [2.75, 3.05) is 5.73 Å². The summed E-state index contributed by atoms with van der Waals surface area (Å²) in [6, 6.07) is 3.03. The van der Waals surface area contributed by atoms with Crippen molar-refractivity contribution in [3.05, 3.63) is 29.7 Å². The highest BCUT2D eigenvalue weighted by Crippen LogP contribution is 2.36. The van der Waals surface area contributed by atoms with Crippen molar-refractivity contribution in [2.45, 2.75) is 6.18 Å². The first-order valence-corrected chi connectivity index (χ1v) is 6.13. The first-order chi connectivity index (χ1) is 10.8.